The first-order valence-electron chi connectivity index (χ1n) is 16.3. The number of aliphatic carboxylic acids is 1. The number of fused-ring (bicyclic) bond motifs is 1. The van der Waals surface area contributed by atoms with Crippen LogP contribution in [0.1, 0.15) is 77.2 Å². The van der Waals surface area contributed by atoms with Crippen LogP contribution in [0.3, 0.4) is 0 Å². The third-order valence-electron chi connectivity index (χ3n) is 8.61. The van der Waals surface area contributed by atoms with Gasteiger partial charge in [-0.1, -0.05) is 64.2 Å². The fourth-order valence-corrected chi connectivity index (χ4v) is 6.00. The lowest BCUT2D eigenvalue weighted by atomic mass is 9.84. The number of esters is 1. The Bertz CT molecular complexity index is 1320. The predicted molar refractivity (Wildman–Crippen MR) is 174 cm³/mol. The van der Waals surface area contributed by atoms with E-state index in [9.17, 15) is 29.1 Å². The summed E-state index contributed by atoms with van der Waals surface area (Å²) in [6.07, 6.45) is 8.63. The standard InChI is InChI=1S/C33H50N6O7/c1-20(2)28(30(41)36-27(32(44)46-3)18-22-19-35-24-14-8-7-13-23(22)24)39-29(40)26(17-21-11-5-4-6-12-21)38-33(45)37-25(31(42)43)15-9-10-16-34/h7-8,13-14,19-21,25-28,35H,4-6,9-12,15-18,34H2,1-3H3,(H,36,41)(H,39,40)(H,42,43)(H2,37,38,45)/t25-,26+,27-,28-/m0/s1. The second-order valence-electron chi connectivity index (χ2n) is 12.5. The lowest BCUT2D eigenvalue weighted by molar-refractivity contribution is -0.145. The number of benzene rings is 1. The van der Waals surface area contributed by atoms with Gasteiger partial charge in [0, 0.05) is 23.5 Å². The van der Waals surface area contributed by atoms with Crippen LogP contribution in [0.15, 0.2) is 30.5 Å². The number of ether oxygens (including phenoxy) is 1. The quantitative estimate of drug-likeness (QED) is 0.101. The van der Waals surface area contributed by atoms with Crippen LogP contribution in [-0.4, -0.2) is 77.7 Å². The van der Waals surface area contributed by atoms with Crippen molar-refractivity contribution in [3.8, 4) is 0 Å². The van der Waals surface area contributed by atoms with E-state index < -0.39 is 54.0 Å². The molecule has 1 aromatic heterocycles. The third-order valence-corrected chi connectivity index (χ3v) is 8.61. The number of carboxylic acids is 1. The first-order valence-corrected chi connectivity index (χ1v) is 16.3. The zero-order valence-corrected chi connectivity index (χ0v) is 27.1. The molecule has 8 N–H and O–H groups in total. The van der Waals surface area contributed by atoms with E-state index in [0.29, 0.717) is 25.8 Å². The molecule has 2 aromatic rings. The highest BCUT2D eigenvalue weighted by atomic mass is 16.5. The smallest absolute Gasteiger partial charge is 0.328 e. The van der Waals surface area contributed by atoms with Crippen LogP contribution in [0.2, 0.25) is 0 Å². The second kappa shape index (κ2) is 18.1. The number of carboxylic acid groups (broad SMARTS) is 1. The number of hydrogen-bond donors (Lipinski definition) is 7. The summed E-state index contributed by atoms with van der Waals surface area (Å²) in [7, 11) is 1.25. The average molecular weight is 643 g/mol. The van der Waals surface area contributed by atoms with Gasteiger partial charge in [-0.3, -0.25) is 9.59 Å². The van der Waals surface area contributed by atoms with E-state index in [1.807, 2.05) is 24.3 Å². The number of nitrogens with one attached hydrogen (secondary N) is 5. The molecule has 0 radical (unpaired) electrons. The maximum atomic E-state index is 13.7. The fourth-order valence-electron chi connectivity index (χ4n) is 6.00. The van der Waals surface area contributed by atoms with E-state index in [2.05, 4.69) is 26.3 Å². The van der Waals surface area contributed by atoms with Gasteiger partial charge in [-0.25, -0.2) is 14.4 Å². The van der Waals surface area contributed by atoms with Crippen molar-refractivity contribution in [1.29, 1.82) is 0 Å². The van der Waals surface area contributed by atoms with Crippen LogP contribution >= 0.6 is 0 Å². The van der Waals surface area contributed by atoms with Gasteiger partial charge < -0.3 is 41.8 Å². The number of H-pyrrole nitrogens is 1. The minimum atomic E-state index is -1.18. The summed E-state index contributed by atoms with van der Waals surface area (Å²) in [5, 5.41) is 21.2. The fraction of sp³-hybridized carbons (Fsp3) is 0.606. The molecule has 46 heavy (non-hydrogen) atoms. The molecule has 0 spiro atoms. The van der Waals surface area contributed by atoms with E-state index in [4.69, 9.17) is 10.5 Å². The van der Waals surface area contributed by atoms with Crippen LogP contribution in [0.5, 0.6) is 0 Å². The monoisotopic (exact) mass is 642 g/mol. The van der Waals surface area contributed by atoms with Crippen LogP contribution in [0.4, 0.5) is 4.79 Å². The van der Waals surface area contributed by atoms with E-state index in [0.717, 1.165) is 48.6 Å². The van der Waals surface area contributed by atoms with Crippen LogP contribution < -0.4 is 27.0 Å². The number of aromatic nitrogens is 1. The summed E-state index contributed by atoms with van der Waals surface area (Å²) in [5.74, 6) is -3.10. The van der Waals surface area contributed by atoms with E-state index in [1.165, 1.54) is 7.11 Å². The van der Waals surface area contributed by atoms with Gasteiger partial charge in [0.2, 0.25) is 11.8 Å². The first-order chi connectivity index (χ1) is 22.0. The van der Waals surface area contributed by atoms with E-state index in [1.54, 1.807) is 20.0 Å². The predicted octanol–water partition coefficient (Wildman–Crippen LogP) is 2.73. The van der Waals surface area contributed by atoms with Gasteiger partial charge >= 0.3 is 18.0 Å². The number of carbonyl (C=O) groups is 5. The zero-order valence-electron chi connectivity index (χ0n) is 27.1. The average Bonchev–Trinajstić information content (AvgIpc) is 3.44. The number of nitrogens with two attached hydrogens (primary N) is 1. The van der Waals surface area contributed by atoms with Gasteiger partial charge in [0.15, 0.2) is 0 Å². The molecule has 0 bridgehead atoms. The Labute approximate surface area is 270 Å². The van der Waals surface area contributed by atoms with Crippen molar-refractivity contribution in [2.24, 2.45) is 17.6 Å². The highest BCUT2D eigenvalue weighted by Crippen LogP contribution is 2.27. The summed E-state index contributed by atoms with van der Waals surface area (Å²) >= 11 is 0. The summed E-state index contributed by atoms with van der Waals surface area (Å²) < 4.78 is 4.99. The second-order valence-corrected chi connectivity index (χ2v) is 12.5. The molecule has 1 aromatic carbocycles. The molecule has 3 rings (SSSR count). The summed E-state index contributed by atoms with van der Waals surface area (Å²) in [6, 6.07) is 2.67. The topological polar surface area (TPSA) is 205 Å². The number of hydrogen-bond acceptors (Lipinski definition) is 7. The number of para-hydroxylation sites is 1. The number of urea groups is 1. The Morgan fingerprint density at radius 2 is 1.63 bits per heavy atom. The van der Waals surface area contributed by atoms with Gasteiger partial charge in [-0.15, -0.1) is 0 Å². The molecular weight excluding hydrogens is 592 g/mol. The van der Waals surface area contributed by atoms with Crippen LogP contribution in [0, 0.1) is 11.8 Å². The zero-order chi connectivity index (χ0) is 33.6. The molecule has 1 heterocycles. The van der Waals surface area contributed by atoms with Crippen molar-refractivity contribution in [2.45, 2.75) is 102 Å². The summed E-state index contributed by atoms with van der Waals surface area (Å²) in [6.45, 7) is 3.95. The summed E-state index contributed by atoms with van der Waals surface area (Å²) in [5.41, 5.74) is 7.23. The van der Waals surface area contributed by atoms with Crippen molar-refractivity contribution in [1.82, 2.24) is 26.3 Å². The van der Waals surface area contributed by atoms with Crippen molar-refractivity contribution < 1.29 is 33.8 Å². The number of methoxy groups -OCH3 is 1. The van der Waals surface area contributed by atoms with Crippen molar-refractivity contribution >= 4 is 40.7 Å². The molecule has 1 aliphatic rings. The molecule has 13 heteroatoms. The van der Waals surface area contributed by atoms with E-state index >= 15 is 0 Å². The van der Waals surface area contributed by atoms with Gasteiger partial charge in [-0.2, -0.15) is 0 Å². The molecular formula is C33H50N6O7. The SMILES string of the molecule is COC(=O)[C@H](Cc1c[nH]c2ccccc12)NC(=O)[C@@H](NC(=O)[C@@H](CC1CCCCC1)NC(=O)N[C@@H](CCCCN)C(=O)O)C(C)C. The highest BCUT2D eigenvalue weighted by Gasteiger charge is 2.34. The van der Waals surface area contributed by atoms with E-state index in [-0.39, 0.29) is 24.7 Å². The molecule has 0 unspecified atom stereocenters. The largest absolute Gasteiger partial charge is 0.480 e. The Balaban J connectivity index is 1.74. The number of amides is 4. The lowest BCUT2D eigenvalue weighted by Gasteiger charge is -2.30. The van der Waals surface area contributed by atoms with Gasteiger partial charge in [0.1, 0.15) is 24.2 Å². The Morgan fingerprint density at radius 1 is 0.935 bits per heavy atom. The highest BCUT2D eigenvalue weighted by molar-refractivity contribution is 5.94. The number of rotatable bonds is 17. The first kappa shape index (κ1) is 36.3. The molecule has 1 aliphatic carbocycles. The summed E-state index contributed by atoms with van der Waals surface area (Å²) in [4.78, 5) is 68.0. The van der Waals surface area contributed by atoms with Gasteiger partial charge in [0.25, 0.3) is 0 Å². The van der Waals surface area contributed by atoms with Crippen molar-refractivity contribution in [3.05, 3.63) is 36.0 Å². The normalized spacial score (nSPS) is 16.2. The maximum Gasteiger partial charge on any atom is 0.328 e. The number of aromatic amines is 1. The van der Waals surface area contributed by atoms with Crippen LogP contribution in [0.25, 0.3) is 10.9 Å². The number of carbonyl (C=O) groups excluding carboxylic acids is 4. The third kappa shape index (κ3) is 10.7. The van der Waals surface area contributed by atoms with Gasteiger partial charge in [-0.05, 0) is 55.7 Å². The molecule has 0 saturated heterocycles. The molecule has 4 amide bonds. The molecule has 13 nitrogen and oxygen atoms in total. The molecule has 1 saturated carbocycles. The number of unbranched alkanes of at least 4 members (excludes halogenated alkanes) is 1. The Morgan fingerprint density at radius 3 is 2.28 bits per heavy atom. The molecule has 4 atom stereocenters. The van der Waals surface area contributed by atoms with Crippen molar-refractivity contribution in [2.75, 3.05) is 13.7 Å². The van der Waals surface area contributed by atoms with Crippen LogP contribution in [-0.2, 0) is 30.3 Å². The van der Waals surface area contributed by atoms with Gasteiger partial charge in [0.05, 0.1) is 7.11 Å². The molecule has 254 valence electrons. The minimum absolute atomic E-state index is 0.170. The Kier molecular flexibility index (Phi) is 14.3. The molecule has 0 aliphatic heterocycles. The van der Waals surface area contributed by atoms with Crippen molar-refractivity contribution in [3.63, 3.8) is 0 Å². The molecule has 1 fully saturated rings. The minimum Gasteiger partial charge on any atom is -0.480 e. The maximum absolute atomic E-state index is 13.7. The lowest BCUT2D eigenvalue weighted by Crippen LogP contribution is -2.59. The Hall–Kier alpha value is -4.13.